The topological polar surface area (TPSA) is 290 Å². The van der Waals surface area contributed by atoms with Crippen LogP contribution in [0, 0.1) is 0 Å². The van der Waals surface area contributed by atoms with Gasteiger partial charge in [-0.15, -0.1) is 0 Å². The number of phosphoric acid groups is 3. The molecule has 3 heterocycles. The van der Waals surface area contributed by atoms with Crippen molar-refractivity contribution < 1.29 is 61.4 Å². The van der Waals surface area contributed by atoms with Gasteiger partial charge in [-0.25, -0.2) is 19.3 Å². The predicted molar refractivity (Wildman–Crippen MR) is 98.1 cm³/mol. The Morgan fingerprint density at radius 2 is 1.67 bits per heavy atom. The monoisotopic (exact) mass is 551 g/mol. The Hall–Kier alpha value is 0.172. The van der Waals surface area contributed by atoms with Gasteiger partial charge in [0.05, 0.1) is 20.8 Å². The summed E-state index contributed by atoms with van der Waals surface area (Å²) in [7, 11) is -18.1. The Balaban J connectivity index is 0.00000272. The van der Waals surface area contributed by atoms with Crippen molar-refractivity contribution in [3.05, 3.63) is 12.7 Å². The van der Waals surface area contributed by atoms with Crippen LogP contribution in [0.4, 0.5) is 5.82 Å². The van der Waals surface area contributed by atoms with E-state index < -0.39 is 54.6 Å². The third kappa shape index (κ3) is 7.83. The van der Waals surface area contributed by atoms with Crippen LogP contribution in [0.25, 0.3) is 11.2 Å². The van der Waals surface area contributed by atoms with Crippen LogP contribution in [0.3, 0.4) is 0 Å². The summed E-state index contributed by atoms with van der Waals surface area (Å²) in [4.78, 5) is 54.9. The number of aliphatic hydroxyl groups is 2. The van der Waals surface area contributed by atoms with Gasteiger partial charge in [0.2, 0.25) is 0 Å². The quantitative estimate of drug-likeness (QED) is 0.204. The van der Waals surface area contributed by atoms with Gasteiger partial charge in [-0.3, -0.25) is 18.0 Å². The zero-order valence-corrected chi connectivity index (χ0v) is 21.7. The third-order valence-electron chi connectivity index (χ3n) is 3.80. The number of nitrogens with two attached hydrogens (primary N) is 1. The normalized spacial score (nSPS) is 26.7. The van der Waals surface area contributed by atoms with Gasteiger partial charge in [0, 0.05) is 0 Å². The Morgan fingerprint density at radius 3 is 2.27 bits per heavy atom. The number of hydrogen-bond acceptors (Lipinski definition) is 17. The molecule has 3 unspecified atom stereocenters. The van der Waals surface area contributed by atoms with Gasteiger partial charge < -0.3 is 49.3 Å². The van der Waals surface area contributed by atoms with Crippen LogP contribution in [-0.2, 0) is 31.6 Å². The Morgan fingerprint density at radius 1 is 1.03 bits per heavy atom. The molecule has 33 heavy (non-hydrogen) atoms. The van der Waals surface area contributed by atoms with Crippen LogP contribution in [0.2, 0.25) is 0 Å². The van der Waals surface area contributed by atoms with Crippen molar-refractivity contribution in [3.8, 4) is 0 Å². The molecule has 0 radical (unpaired) electrons. The van der Waals surface area contributed by atoms with E-state index in [0.717, 1.165) is 12.7 Å². The maximum atomic E-state index is 11.6. The number of rotatable bonds is 8. The molecule has 174 valence electrons. The largest absolute Gasteiger partial charge is 2.00 e. The minimum absolute atomic E-state index is 0. The number of aromatic nitrogens is 4. The number of ether oxygens (including phenoxy) is 1. The van der Waals surface area contributed by atoms with Crippen molar-refractivity contribution in [3.63, 3.8) is 0 Å². The first kappa shape index (κ1) is 31.2. The first-order valence-corrected chi connectivity index (χ1v) is 12.2. The van der Waals surface area contributed by atoms with Crippen molar-refractivity contribution in [1.29, 1.82) is 0 Å². The average molecular weight is 552 g/mol. The van der Waals surface area contributed by atoms with E-state index in [2.05, 4.69) is 28.1 Å². The van der Waals surface area contributed by atoms with Gasteiger partial charge in [-0.05, 0) is 0 Å². The summed E-state index contributed by atoms with van der Waals surface area (Å²) in [5, 5.41) is 20.3. The van der Waals surface area contributed by atoms with E-state index in [1.165, 1.54) is 4.57 Å². The molecule has 0 amide bonds. The van der Waals surface area contributed by atoms with Gasteiger partial charge >= 0.3 is 46.1 Å². The van der Waals surface area contributed by atoms with Crippen LogP contribution < -0.4 is 25.3 Å². The Bertz CT molecular complexity index is 1120. The summed E-state index contributed by atoms with van der Waals surface area (Å²) in [6, 6.07) is 0. The standard InChI is InChI=1S/C10H16N5O13P3.2Mg/c11-8-5-9(13-2-12-8)15(3-14-5)10-7(17)6(16)4(26-10)1-25-30(21,22)28-31(23,24)27-29(18,19)20;;/h2-4,6-7,10,16-17H,1H2,(H,21,22)(H,23,24)(H2,11,12,13)(H2,18,19,20);;/q;2*+2/p-4/t4-,6+,7?,10-;;/m1../s1. The summed E-state index contributed by atoms with van der Waals surface area (Å²) in [5.74, 6) is 0.0195. The van der Waals surface area contributed by atoms with Gasteiger partial charge in [-0.2, -0.15) is 0 Å². The first-order valence-electron chi connectivity index (χ1n) is 7.85. The molecule has 0 bridgehead atoms. The molecule has 3 rings (SSSR count). The number of anilines is 1. The van der Waals surface area contributed by atoms with Crippen molar-refractivity contribution in [2.24, 2.45) is 0 Å². The first-order chi connectivity index (χ1) is 14.2. The van der Waals surface area contributed by atoms with Crippen LogP contribution in [0.5, 0.6) is 0 Å². The molecule has 0 aliphatic carbocycles. The molecule has 0 saturated carbocycles. The summed E-state index contributed by atoms with van der Waals surface area (Å²) in [6.07, 6.45) is -3.99. The van der Waals surface area contributed by atoms with E-state index in [1.807, 2.05) is 0 Å². The number of imidazole rings is 1. The summed E-state index contributed by atoms with van der Waals surface area (Å²) in [5.41, 5.74) is 5.92. The molecule has 1 fully saturated rings. The van der Waals surface area contributed by atoms with E-state index in [9.17, 15) is 43.5 Å². The molecule has 0 aromatic carbocycles. The van der Waals surface area contributed by atoms with E-state index in [1.54, 1.807) is 0 Å². The molecular formula is C10H12Mg2N5O13P3. The van der Waals surface area contributed by atoms with Crippen molar-refractivity contribution in [2.45, 2.75) is 24.5 Å². The van der Waals surface area contributed by atoms with E-state index >= 15 is 0 Å². The minimum Gasteiger partial charge on any atom is -0.790 e. The van der Waals surface area contributed by atoms with Gasteiger partial charge in [0.15, 0.2) is 17.7 Å². The van der Waals surface area contributed by atoms with Crippen LogP contribution in [0.1, 0.15) is 6.23 Å². The molecule has 2 aromatic heterocycles. The van der Waals surface area contributed by atoms with E-state index in [0.29, 0.717) is 0 Å². The van der Waals surface area contributed by atoms with Crippen LogP contribution >= 0.6 is 23.5 Å². The summed E-state index contributed by atoms with van der Waals surface area (Å²) < 4.78 is 50.2. The fourth-order valence-corrected chi connectivity index (χ4v) is 5.47. The van der Waals surface area contributed by atoms with Gasteiger partial charge in [-0.1, -0.05) is 0 Å². The van der Waals surface area contributed by atoms with Crippen LogP contribution in [-0.4, -0.2) is 101 Å². The molecule has 0 spiro atoms. The molecule has 1 aliphatic heterocycles. The number of hydrogen-bond donors (Lipinski definition) is 3. The molecule has 23 heteroatoms. The predicted octanol–water partition coefficient (Wildman–Crippen LogP) is -4.92. The maximum absolute atomic E-state index is 11.6. The molecular weight excluding hydrogens is 540 g/mol. The number of fused-ring (bicyclic) bond motifs is 1. The van der Waals surface area contributed by atoms with Gasteiger partial charge in [0.25, 0.3) is 15.6 Å². The average Bonchev–Trinajstić information content (AvgIpc) is 3.13. The molecule has 2 aromatic rings. The molecule has 1 aliphatic rings. The SMILES string of the molecule is Nc1ncnc2c1ncn2[C@@H]1O[C@H](COP(=O)([O-])OP(=O)([O-])OP(=O)([O-])[O-])[C@H](O)C1O.[Mg+2].[Mg+2]. The Labute approximate surface area is 216 Å². The number of phosphoric ester groups is 1. The number of nitrogens with zero attached hydrogens (tertiary/aromatic N) is 4. The van der Waals surface area contributed by atoms with Crippen LogP contribution in [0.15, 0.2) is 12.7 Å². The maximum Gasteiger partial charge on any atom is 2.00 e. The second-order valence-electron chi connectivity index (χ2n) is 5.93. The Kier molecular flexibility index (Phi) is 10.9. The second kappa shape index (κ2) is 11.5. The van der Waals surface area contributed by atoms with Crippen molar-refractivity contribution in [2.75, 3.05) is 12.3 Å². The fourth-order valence-electron chi connectivity index (χ4n) is 2.60. The second-order valence-corrected chi connectivity index (χ2v) is 10.2. The number of nitrogen functional groups attached to an aromatic ring is 1. The molecule has 18 nitrogen and oxygen atoms in total. The van der Waals surface area contributed by atoms with Crippen molar-refractivity contribution in [1.82, 2.24) is 19.5 Å². The summed E-state index contributed by atoms with van der Waals surface area (Å²) in [6.45, 7) is -1.08. The van der Waals surface area contributed by atoms with Gasteiger partial charge in [0.1, 0.15) is 30.2 Å². The smallest absolute Gasteiger partial charge is 0.790 e. The van der Waals surface area contributed by atoms with Crippen molar-refractivity contribution >= 4 is 86.6 Å². The fraction of sp³-hybridized carbons (Fsp3) is 0.500. The molecule has 4 N–H and O–H groups in total. The van der Waals surface area contributed by atoms with E-state index in [4.69, 9.17) is 10.5 Å². The zero-order valence-electron chi connectivity index (χ0n) is 16.2. The summed E-state index contributed by atoms with van der Waals surface area (Å²) >= 11 is 0. The molecule has 6 atom stereocenters. The van der Waals surface area contributed by atoms with E-state index in [-0.39, 0.29) is 63.1 Å². The minimum atomic E-state index is -6.14. The third-order valence-corrected chi connectivity index (χ3v) is 7.46. The zero-order chi connectivity index (χ0) is 23.2. The molecule has 1 saturated heterocycles. The number of aliphatic hydroxyl groups excluding tert-OH is 2.